The van der Waals surface area contributed by atoms with E-state index in [4.69, 9.17) is 19.9 Å². The molecule has 11 nitrogen and oxygen atoms in total. The Kier molecular flexibility index (Phi) is 10.1. The molecule has 2 amide bonds. The third-order valence-electron chi connectivity index (χ3n) is 12.6. The number of carbonyl (C=O) groups is 4. The van der Waals surface area contributed by atoms with Crippen molar-refractivity contribution in [3.8, 4) is 5.75 Å². The Balaban J connectivity index is 1.20. The number of hydrogen-bond acceptors (Lipinski definition) is 9. The second kappa shape index (κ2) is 13.7. The molecule has 284 valence electrons. The zero-order valence-electron chi connectivity index (χ0n) is 30.6. The van der Waals surface area contributed by atoms with Gasteiger partial charge in [-0.25, -0.2) is 8.78 Å². The maximum absolute atomic E-state index is 17.7. The van der Waals surface area contributed by atoms with Gasteiger partial charge in [0.05, 0.1) is 18.2 Å². The first kappa shape index (κ1) is 38.2. The van der Waals surface area contributed by atoms with Crippen molar-refractivity contribution in [2.45, 2.75) is 122 Å². The number of benzene rings is 1. The number of nitrogens with two attached hydrogens (primary N) is 1. The molecule has 13 heteroatoms. The molecule has 1 aliphatic heterocycles. The summed E-state index contributed by atoms with van der Waals surface area (Å²) in [5, 5.41) is 17.1. The maximum atomic E-state index is 17.7. The average molecular weight is 728 g/mol. The minimum Gasteiger partial charge on any atom is -0.486 e. The van der Waals surface area contributed by atoms with Gasteiger partial charge in [-0.05, 0) is 93.4 Å². The van der Waals surface area contributed by atoms with E-state index in [1.165, 1.54) is 12.2 Å². The minimum atomic E-state index is -2.30. The molecule has 0 bridgehead atoms. The van der Waals surface area contributed by atoms with E-state index < -0.39 is 101 Å². The maximum Gasteiger partial charge on any atom is 0.246 e. The summed E-state index contributed by atoms with van der Waals surface area (Å²) in [7, 11) is 0. The summed E-state index contributed by atoms with van der Waals surface area (Å²) in [5.41, 5.74) is -0.222. The van der Waals surface area contributed by atoms with Crippen LogP contribution in [0.3, 0.4) is 0 Å². The fourth-order valence-corrected chi connectivity index (χ4v) is 9.70. The van der Waals surface area contributed by atoms with Crippen molar-refractivity contribution in [2.75, 3.05) is 11.9 Å². The van der Waals surface area contributed by atoms with Gasteiger partial charge in [-0.2, -0.15) is 0 Å². The fraction of sp³-hybridized carbons (Fsp3) is 0.641. The van der Waals surface area contributed by atoms with Crippen molar-refractivity contribution in [3.63, 3.8) is 0 Å². The van der Waals surface area contributed by atoms with Gasteiger partial charge in [0.2, 0.25) is 17.6 Å². The van der Waals surface area contributed by atoms with E-state index in [1.807, 2.05) is 27.7 Å². The molecule has 4 aliphatic carbocycles. The van der Waals surface area contributed by atoms with E-state index >= 15 is 8.78 Å². The number of halogens is 2. The van der Waals surface area contributed by atoms with Crippen molar-refractivity contribution in [3.05, 3.63) is 48.1 Å². The number of Topliss-reactive ketones (excluding diaryl/α,β-unsaturated/α-hetero) is 1. The van der Waals surface area contributed by atoms with E-state index in [0.717, 1.165) is 12.5 Å². The Bertz CT molecular complexity index is 1670. The number of allylic oxidation sites excluding steroid dienone is 4. The van der Waals surface area contributed by atoms with Crippen molar-refractivity contribution in [1.82, 2.24) is 5.32 Å². The summed E-state index contributed by atoms with van der Waals surface area (Å²) >= 11 is 0. The molecule has 0 aromatic heterocycles. The predicted molar refractivity (Wildman–Crippen MR) is 187 cm³/mol. The molecule has 5 aliphatic rings. The molecule has 0 radical (unpaired) electrons. The van der Waals surface area contributed by atoms with E-state index in [1.54, 1.807) is 38.1 Å². The van der Waals surface area contributed by atoms with Crippen LogP contribution in [-0.2, 0) is 28.7 Å². The Morgan fingerprint density at radius 1 is 1.10 bits per heavy atom. The van der Waals surface area contributed by atoms with Gasteiger partial charge in [0.15, 0.2) is 23.3 Å². The number of fused-ring (bicyclic) bond motifs is 7. The molecule has 1 unspecified atom stereocenters. The smallest absolute Gasteiger partial charge is 0.246 e. The molecule has 1 heterocycles. The van der Waals surface area contributed by atoms with Gasteiger partial charge in [0.25, 0.3) is 0 Å². The van der Waals surface area contributed by atoms with Crippen molar-refractivity contribution >= 4 is 29.1 Å². The number of amides is 2. The highest BCUT2D eigenvalue weighted by Gasteiger charge is 2.80. The van der Waals surface area contributed by atoms with Crippen LogP contribution in [0.2, 0.25) is 0 Å². The van der Waals surface area contributed by atoms with Crippen LogP contribution in [0.5, 0.6) is 5.75 Å². The summed E-state index contributed by atoms with van der Waals surface area (Å²) < 4.78 is 52.6. The number of ketones is 2. The highest BCUT2D eigenvalue weighted by Crippen LogP contribution is 2.72. The van der Waals surface area contributed by atoms with Crippen molar-refractivity contribution in [2.24, 2.45) is 34.3 Å². The SMILES string of the molecule is CCCC1O[C@@H]2C[C@H]3[C@@H]4C[C@H](F)C5=CC(=O)C=C[C@]5(C)[C@@]4(F)[C@@H](O)C[C@]3(C)[C@]2(C(=O)COc2ccc(NC(=O)[C@H](C)NC(=O)[C@@H](N)C(C)C)cc2)O1. The van der Waals surface area contributed by atoms with Gasteiger partial charge >= 0.3 is 0 Å². The monoisotopic (exact) mass is 727 g/mol. The van der Waals surface area contributed by atoms with Crippen LogP contribution >= 0.6 is 0 Å². The Morgan fingerprint density at radius 2 is 1.79 bits per heavy atom. The summed E-state index contributed by atoms with van der Waals surface area (Å²) in [6.07, 6.45) is 0.188. The van der Waals surface area contributed by atoms with E-state index in [0.29, 0.717) is 17.9 Å². The van der Waals surface area contributed by atoms with Gasteiger partial charge in [0.1, 0.15) is 24.6 Å². The zero-order valence-corrected chi connectivity index (χ0v) is 30.6. The third kappa shape index (κ3) is 5.82. The Hall–Kier alpha value is -3.52. The number of anilines is 1. The van der Waals surface area contributed by atoms with Crippen molar-refractivity contribution in [1.29, 1.82) is 0 Å². The Labute approximate surface area is 303 Å². The Morgan fingerprint density at radius 3 is 2.44 bits per heavy atom. The number of carbonyl (C=O) groups excluding carboxylic acids is 4. The molecule has 1 saturated heterocycles. The van der Waals surface area contributed by atoms with Crippen LogP contribution in [0.1, 0.15) is 73.6 Å². The van der Waals surface area contributed by atoms with Crippen LogP contribution in [0.4, 0.5) is 14.5 Å². The molecule has 1 aromatic rings. The second-order valence-electron chi connectivity index (χ2n) is 16.0. The first-order chi connectivity index (χ1) is 24.4. The lowest BCUT2D eigenvalue weighted by molar-refractivity contribution is -0.234. The highest BCUT2D eigenvalue weighted by atomic mass is 19.1. The molecule has 3 saturated carbocycles. The van der Waals surface area contributed by atoms with Crippen molar-refractivity contribution < 1.29 is 47.3 Å². The molecule has 4 fully saturated rings. The molecular formula is C39H51F2N3O8. The zero-order chi connectivity index (χ0) is 38.0. The number of hydrogen-bond donors (Lipinski definition) is 4. The normalized spacial score (nSPS) is 38.7. The van der Waals surface area contributed by atoms with Crippen LogP contribution in [-0.4, -0.2) is 83.1 Å². The lowest BCUT2D eigenvalue weighted by Gasteiger charge is -2.63. The minimum absolute atomic E-state index is 0.0348. The summed E-state index contributed by atoms with van der Waals surface area (Å²) in [4.78, 5) is 51.7. The molecule has 1 aromatic carbocycles. The second-order valence-corrected chi connectivity index (χ2v) is 16.0. The van der Waals surface area contributed by atoms with Crippen LogP contribution in [0, 0.1) is 28.6 Å². The average Bonchev–Trinajstić information content (AvgIpc) is 3.58. The number of rotatable bonds is 11. The van der Waals surface area contributed by atoms with Gasteiger partial charge in [-0.3, -0.25) is 19.2 Å². The van der Waals surface area contributed by atoms with Gasteiger partial charge in [-0.1, -0.05) is 40.2 Å². The molecular weight excluding hydrogens is 676 g/mol. The van der Waals surface area contributed by atoms with Crippen LogP contribution < -0.4 is 21.1 Å². The number of aliphatic hydroxyl groups excluding tert-OH is 1. The predicted octanol–water partition coefficient (Wildman–Crippen LogP) is 4.27. The largest absolute Gasteiger partial charge is 0.486 e. The number of nitrogens with one attached hydrogen (secondary N) is 2. The molecule has 6 rings (SSSR count). The summed E-state index contributed by atoms with van der Waals surface area (Å²) in [5.74, 6) is -3.05. The topological polar surface area (TPSA) is 166 Å². The van der Waals surface area contributed by atoms with Gasteiger partial charge in [0, 0.05) is 22.4 Å². The quantitative estimate of drug-likeness (QED) is 0.261. The highest BCUT2D eigenvalue weighted by molar-refractivity contribution is 6.01. The summed E-state index contributed by atoms with van der Waals surface area (Å²) in [6, 6.07) is 4.78. The first-order valence-electron chi connectivity index (χ1n) is 18.4. The number of aliphatic hydroxyl groups is 1. The third-order valence-corrected chi connectivity index (χ3v) is 12.6. The van der Waals surface area contributed by atoms with E-state index in [9.17, 15) is 24.3 Å². The molecule has 12 atom stereocenters. The standard InChI is InChI=1S/C39H51F2N3O8/c1-7-8-32-51-31-17-25-26-16-28(40)27-15-23(45)13-14-36(27,5)38(26,41)29(46)18-37(25,6)39(31,52-32)30(47)19-50-24-11-9-22(10-12-24)44-34(48)21(4)43-35(49)33(42)20(2)3/h9-15,20-21,25-26,28-29,31-33,46H,7-8,16-19,42H2,1-6H3,(H,43,49)(H,44,48)/t21-,25-,26-,28-,29-,31+,32?,33-,36-,37-,38-,39+/m0/s1. The molecule has 52 heavy (non-hydrogen) atoms. The van der Waals surface area contributed by atoms with E-state index in [2.05, 4.69) is 10.6 Å². The summed E-state index contributed by atoms with van der Waals surface area (Å²) in [6.45, 7) is 10.1. The van der Waals surface area contributed by atoms with Crippen LogP contribution in [0.25, 0.3) is 0 Å². The van der Waals surface area contributed by atoms with Crippen LogP contribution in [0.15, 0.2) is 48.1 Å². The van der Waals surface area contributed by atoms with Gasteiger partial charge in [-0.15, -0.1) is 0 Å². The molecule has 0 spiro atoms. The number of ether oxygens (including phenoxy) is 3. The molecule has 5 N–H and O–H groups in total. The fourth-order valence-electron chi connectivity index (χ4n) is 9.70. The van der Waals surface area contributed by atoms with E-state index in [-0.39, 0.29) is 30.8 Å². The van der Waals surface area contributed by atoms with Gasteiger partial charge < -0.3 is 35.7 Å². The lowest BCUT2D eigenvalue weighted by Crippen LogP contribution is -2.71. The first-order valence-corrected chi connectivity index (χ1v) is 18.4. The lowest BCUT2D eigenvalue weighted by atomic mass is 9.44. The number of alkyl halides is 2.